The summed E-state index contributed by atoms with van der Waals surface area (Å²) in [6, 6.07) is 12.8. The van der Waals surface area contributed by atoms with Gasteiger partial charge in [-0.2, -0.15) is 0 Å². The Kier molecular flexibility index (Phi) is 2.03. The molecule has 100 valence electrons. The van der Waals surface area contributed by atoms with Crippen molar-refractivity contribution in [2.45, 2.75) is 6.04 Å². The van der Waals surface area contributed by atoms with Crippen molar-refractivity contribution < 1.29 is 4.42 Å². The van der Waals surface area contributed by atoms with Crippen LogP contribution in [0.15, 0.2) is 71.4 Å². The van der Waals surface area contributed by atoms with Gasteiger partial charge in [-0.25, -0.2) is 0 Å². The highest BCUT2D eigenvalue weighted by atomic mass is 16.3. The number of allylic oxidation sites excluding steroid dienone is 2. The van der Waals surface area contributed by atoms with Crippen LogP contribution in [-0.2, 0) is 0 Å². The van der Waals surface area contributed by atoms with Gasteiger partial charge in [0.2, 0.25) is 0 Å². The summed E-state index contributed by atoms with van der Waals surface area (Å²) in [6.07, 6.45) is 12.8. The second kappa shape index (κ2) is 3.89. The second-order valence-corrected chi connectivity index (χ2v) is 5.48. The van der Waals surface area contributed by atoms with Crippen molar-refractivity contribution in [2.24, 2.45) is 0 Å². The van der Waals surface area contributed by atoms with E-state index < -0.39 is 0 Å². The van der Waals surface area contributed by atoms with E-state index in [1.807, 2.05) is 12.1 Å². The molecule has 21 heavy (non-hydrogen) atoms. The fourth-order valence-electron chi connectivity index (χ4n) is 3.34. The van der Waals surface area contributed by atoms with E-state index in [0.29, 0.717) is 0 Å². The number of hydrogen-bond acceptors (Lipinski definition) is 2. The molecule has 1 aromatic heterocycles. The van der Waals surface area contributed by atoms with Crippen LogP contribution in [0.25, 0.3) is 28.0 Å². The molecule has 0 bridgehead atoms. The van der Waals surface area contributed by atoms with Crippen LogP contribution >= 0.6 is 0 Å². The van der Waals surface area contributed by atoms with E-state index in [1.165, 1.54) is 21.9 Å². The van der Waals surface area contributed by atoms with Crippen LogP contribution in [0.2, 0.25) is 0 Å². The maximum Gasteiger partial charge on any atom is 0.141 e. The number of benzene rings is 2. The monoisotopic (exact) mass is 271 g/mol. The first-order valence-electron chi connectivity index (χ1n) is 7.16. The van der Waals surface area contributed by atoms with Gasteiger partial charge in [-0.1, -0.05) is 36.4 Å². The van der Waals surface area contributed by atoms with Crippen LogP contribution in [0.4, 0.5) is 0 Å². The molecular weight excluding hydrogens is 258 g/mol. The topological polar surface area (TPSA) is 16.4 Å². The molecule has 3 heterocycles. The van der Waals surface area contributed by atoms with E-state index in [9.17, 15) is 0 Å². The fourth-order valence-corrected chi connectivity index (χ4v) is 3.34. The molecule has 1 atom stereocenters. The Balaban J connectivity index is 1.91. The van der Waals surface area contributed by atoms with Gasteiger partial charge < -0.3 is 9.32 Å². The highest BCUT2D eigenvalue weighted by molar-refractivity contribution is 6.07. The molecule has 1 unspecified atom stereocenters. The standard InChI is InChI=1S/C19H13NO/c1-2-7-17-14(5-1)15-9-8-13-10-12-20-11-4-3-6-16(20)18(13)19(15)21-17/h1-12,16H. The van der Waals surface area contributed by atoms with Crippen molar-refractivity contribution in [1.82, 2.24) is 4.90 Å². The van der Waals surface area contributed by atoms with Crippen LogP contribution in [-0.4, -0.2) is 4.90 Å². The Hall–Kier alpha value is -2.74. The molecule has 0 saturated heterocycles. The van der Waals surface area contributed by atoms with Gasteiger partial charge >= 0.3 is 0 Å². The van der Waals surface area contributed by atoms with Crippen molar-refractivity contribution in [3.05, 3.63) is 78.2 Å². The minimum absolute atomic E-state index is 0.222. The molecule has 2 aromatic carbocycles. The Morgan fingerprint density at radius 3 is 2.86 bits per heavy atom. The SMILES string of the molecule is C1=CC2c3c(ccc4c3oc3ccccc34)C=CN2C=C1. The molecule has 0 fully saturated rings. The van der Waals surface area contributed by atoms with Crippen LogP contribution < -0.4 is 0 Å². The Morgan fingerprint density at radius 2 is 1.86 bits per heavy atom. The van der Waals surface area contributed by atoms with Crippen LogP contribution in [0.5, 0.6) is 0 Å². The highest BCUT2D eigenvalue weighted by Crippen LogP contribution is 2.41. The average Bonchev–Trinajstić information content (AvgIpc) is 2.93. The Labute approximate surface area is 122 Å². The number of fused-ring (bicyclic) bond motifs is 7. The largest absolute Gasteiger partial charge is 0.456 e. The van der Waals surface area contributed by atoms with Crippen LogP contribution in [0, 0.1) is 0 Å². The van der Waals surface area contributed by atoms with Crippen molar-refractivity contribution in [3.8, 4) is 0 Å². The summed E-state index contributed by atoms with van der Waals surface area (Å²) < 4.78 is 6.18. The summed E-state index contributed by atoms with van der Waals surface area (Å²) >= 11 is 0. The molecule has 2 aliphatic rings. The first-order valence-corrected chi connectivity index (χ1v) is 7.16. The summed E-state index contributed by atoms with van der Waals surface area (Å²) in [5.41, 5.74) is 4.46. The van der Waals surface area contributed by atoms with Gasteiger partial charge in [0.05, 0.1) is 6.04 Å². The minimum atomic E-state index is 0.222. The van der Waals surface area contributed by atoms with E-state index >= 15 is 0 Å². The molecule has 2 heteroatoms. The van der Waals surface area contributed by atoms with Crippen molar-refractivity contribution >= 4 is 28.0 Å². The summed E-state index contributed by atoms with van der Waals surface area (Å²) in [5, 5.41) is 2.38. The van der Waals surface area contributed by atoms with E-state index in [1.54, 1.807) is 0 Å². The van der Waals surface area contributed by atoms with Crippen LogP contribution in [0.3, 0.4) is 0 Å². The smallest absolute Gasteiger partial charge is 0.141 e. The Bertz CT molecular complexity index is 958. The zero-order valence-corrected chi connectivity index (χ0v) is 11.4. The molecule has 2 nitrogen and oxygen atoms in total. The molecule has 5 rings (SSSR count). The van der Waals surface area contributed by atoms with Gasteiger partial charge in [0.1, 0.15) is 11.2 Å². The molecule has 2 aliphatic heterocycles. The van der Waals surface area contributed by atoms with E-state index in [-0.39, 0.29) is 6.04 Å². The van der Waals surface area contributed by atoms with E-state index in [2.05, 4.69) is 65.9 Å². The predicted octanol–water partition coefficient (Wildman–Crippen LogP) is 5.00. The molecule has 0 N–H and O–H groups in total. The zero-order valence-electron chi connectivity index (χ0n) is 11.4. The maximum absolute atomic E-state index is 6.18. The third-order valence-electron chi connectivity index (χ3n) is 4.32. The minimum Gasteiger partial charge on any atom is -0.456 e. The molecule has 0 radical (unpaired) electrons. The lowest BCUT2D eigenvalue weighted by Gasteiger charge is -2.31. The van der Waals surface area contributed by atoms with Gasteiger partial charge in [0.25, 0.3) is 0 Å². The summed E-state index contributed by atoms with van der Waals surface area (Å²) in [5.74, 6) is 0. The molecule has 0 amide bonds. The molecule has 0 aliphatic carbocycles. The van der Waals surface area contributed by atoms with Gasteiger partial charge in [0.15, 0.2) is 0 Å². The lowest BCUT2D eigenvalue weighted by Crippen LogP contribution is -2.21. The fraction of sp³-hybridized carbons (Fsp3) is 0.0526. The maximum atomic E-state index is 6.18. The van der Waals surface area contributed by atoms with Crippen LogP contribution in [0.1, 0.15) is 17.2 Å². The Morgan fingerprint density at radius 1 is 0.905 bits per heavy atom. The lowest BCUT2D eigenvalue weighted by atomic mass is 9.92. The van der Waals surface area contributed by atoms with Crippen molar-refractivity contribution in [2.75, 3.05) is 0 Å². The number of furan rings is 1. The van der Waals surface area contributed by atoms with Gasteiger partial charge in [-0.15, -0.1) is 0 Å². The van der Waals surface area contributed by atoms with E-state index in [0.717, 1.165) is 11.2 Å². The molecule has 3 aromatic rings. The average molecular weight is 271 g/mol. The zero-order chi connectivity index (χ0) is 13.8. The predicted molar refractivity (Wildman–Crippen MR) is 85.6 cm³/mol. The first kappa shape index (κ1) is 11.0. The lowest BCUT2D eigenvalue weighted by molar-refractivity contribution is 0.428. The summed E-state index contributed by atoms with van der Waals surface area (Å²) in [7, 11) is 0. The third kappa shape index (κ3) is 1.42. The van der Waals surface area contributed by atoms with Crippen molar-refractivity contribution in [1.29, 1.82) is 0 Å². The van der Waals surface area contributed by atoms with E-state index in [4.69, 9.17) is 4.42 Å². The number of nitrogens with zero attached hydrogens (tertiary/aromatic N) is 1. The number of para-hydroxylation sites is 1. The highest BCUT2D eigenvalue weighted by Gasteiger charge is 2.25. The normalized spacial score (nSPS) is 19.2. The second-order valence-electron chi connectivity index (χ2n) is 5.48. The summed E-state index contributed by atoms with van der Waals surface area (Å²) in [6.45, 7) is 0. The first-order chi connectivity index (χ1) is 10.4. The van der Waals surface area contributed by atoms with Gasteiger partial charge in [0, 0.05) is 28.7 Å². The molecule has 0 spiro atoms. The van der Waals surface area contributed by atoms with Gasteiger partial charge in [-0.05, 0) is 29.8 Å². The number of rotatable bonds is 0. The number of hydrogen-bond donors (Lipinski definition) is 0. The quantitative estimate of drug-likeness (QED) is 0.572. The third-order valence-corrected chi connectivity index (χ3v) is 4.32. The molecule has 0 saturated carbocycles. The van der Waals surface area contributed by atoms with Gasteiger partial charge in [-0.3, -0.25) is 0 Å². The summed E-state index contributed by atoms with van der Waals surface area (Å²) in [4.78, 5) is 2.22. The van der Waals surface area contributed by atoms with Crippen molar-refractivity contribution in [3.63, 3.8) is 0 Å². The molecular formula is C19H13NO.